The van der Waals surface area contributed by atoms with Gasteiger partial charge < -0.3 is 10.4 Å². The van der Waals surface area contributed by atoms with E-state index in [9.17, 15) is 18.3 Å². The molecule has 2 aromatic rings. The Labute approximate surface area is 167 Å². The molecule has 3 N–H and O–H groups in total. The fraction of sp³-hybridized carbons (Fsp3) is 0.381. The van der Waals surface area contributed by atoms with Crippen LogP contribution >= 0.6 is 0 Å². The summed E-state index contributed by atoms with van der Waals surface area (Å²) in [5, 5.41) is 12.2. The number of anilines is 1. The maximum atomic E-state index is 12.7. The van der Waals surface area contributed by atoms with Crippen molar-refractivity contribution in [2.45, 2.75) is 45.1 Å². The number of amides is 1. The van der Waals surface area contributed by atoms with Gasteiger partial charge in [0.1, 0.15) is 0 Å². The number of aliphatic hydroxyl groups is 1. The van der Waals surface area contributed by atoms with E-state index in [1.165, 1.54) is 12.1 Å². The molecule has 7 heteroatoms. The summed E-state index contributed by atoms with van der Waals surface area (Å²) in [4.78, 5) is 12.6. The molecule has 0 heterocycles. The van der Waals surface area contributed by atoms with E-state index in [0.717, 1.165) is 5.56 Å². The predicted octanol–water partition coefficient (Wildman–Crippen LogP) is 3.24. The van der Waals surface area contributed by atoms with Crippen molar-refractivity contribution >= 4 is 21.6 Å². The van der Waals surface area contributed by atoms with Crippen LogP contribution in [0.5, 0.6) is 0 Å². The van der Waals surface area contributed by atoms with Crippen LogP contribution in [-0.4, -0.2) is 32.1 Å². The number of nitrogens with one attached hydrogen (secondary N) is 2. The first kappa shape index (κ1) is 21.9. The molecule has 1 amide bonds. The molecule has 0 fully saturated rings. The third-order valence-corrected chi connectivity index (χ3v) is 5.77. The number of rotatable bonds is 8. The molecule has 2 rings (SSSR count). The Morgan fingerprint density at radius 2 is 1.82 bits per heavy atom. The van der Waals surface area contributed by atoms with Gasteiger partial charge in [0.05, 0.1) is 11.0 Å². The fourth-order valence-electron chi connectivity index (χ4n) is 2.96. The van der Waals surface area contributed by atoms with E-state index >= 15 is 0 Å². The van der Waals surface area contributed by atoms with Crippen molar-refractivity contribution in [1.82, 2.24) is 5.32 Å². The molecule has 0 radical (unpaired) electrons. The van der Waals surface area contributed by atoms with Crippen LogP contribution in [0.25, 0.3) is 0 Å². The first-order valence-corrected chi connectivity index (χ1v) is 10.7. The summed E-state index contributed by atoms with van der Waals surface area (Å²) in [7, 11) is -3.81. The van der Waals surface area contributed by atoms with Crippen LogP contribution < -0.4 is 10.0 Å². The Kier molecular flexibility index (Phi) is 7.21. The summed E-state index contributed by atoms with van der Waals surface area (Å²) in [6, 6.07) is 11.6. The van der Waals surface area contributed by atoms with E-state index in [2.05, 4.69) is 10.0 Å². The standard InChI is InChI=1S/C21H28N2O4S/c1-14-6-5-7-18(11-14)23-28(26,27)19-9-8-16(3)20(12-19)21(25)22-13-15(2)10-17(4)24/h5-9,11-12,15,17,23-24H,10,13H2,1-4H3,(H,22,25)/t15-,17+/m1/s1. The zero-order valence-corrected chi connectivity index (χ0v) is 17.5. The smallest absolute Gasteiger partial charge is 0.261 e. The minimum absolute atomic E-state index is 0.0294. The van der Waals surface area contributed by atoms with E-state index < -0.39 is 16.1 Å². The summed E-state index contributed by atoms with van der Waals surface area (Å²) < 4.78 is 28.0. The lowest BCUT2D eigenvalue weighted by Gasteiger charge is -2.15. The van der Waals surface area contributed by atoms with Gasteiger partial charge in [0, 0.05) is 17.8 Å². The molecule has 152 valence electrons. The summed E-state index contributed by atoms with van der Waals surface area (Å²) in [5.74, 6) is -0.221. The van der Waals surface area contributed by atoms with Crippen molar-refractivity contribution < 1.29 is 18.3 Å². The second-order valence-corrected chi connectivity index (χ2v) is 9.03. The SMILES string of the molecule is Cc1cccc(NS(=O)(=O)c2ccc(C)c(C(=O)NC[C@H](C)C[C@H](C)O)c2)c1. The van der Waals surface area contributed by atoms with E-state index in [1.807, 2.05) is 19.9 Å². The van der Waals surface area contributed by atoms with Crippen molar-refractivity contribution in [2.24, 2.45) is 5.92 Å². The number of benzene rings is 2. The van der Waals surface area contributed by atoms with E-state index in [1.54, 1.807) is 38.1 Å². The molecule has 6 nitrogen and oxygen atoms in total. The number of hydrogen-bond donors (Lipinski definition) is 3. The molecule has 0 bridgehead atoms. The molecule has 0 aliphatic heterocycles. The normalized spacial score (nSPS) is 13.6. The maximum absolute atomic E-state index is 12.7. The molecule has 0 aliphatic carbocycles. The molecule has 0 aliphatic rings. The Hall–Kier alpha value is -2.38. The molecule has 2 atom stereocenters. The van der Waals surface area contributed by atoms with E-state index in [0.29, 0.717) is 29.8 Å². The lowest BCUT2D eigenvalue weighted by Crippen LogP contribution is -2.30. The van der Waals surface area contributed by atoms with Gasteiger partial charge in [-0.1, -0.05) is 25.1 Å². The maximum Gasteiger partial charge on any atom is 0.261 e. The van der Waals surface area contributed by atoms with Crippen LogP contribution in [0.3, 0.4) is 0 Å². The number of carbonyl (C=O) groups excluding carboxylic acids is 1. The van der Waals surface area contributed by atoms with Gasteiger partial charge in [-0.3, -0.25) is 9.52 Å². The third-order valence-electron chi connectivity index (χ3n) is 4.39. The second kappa shape index (κ2) is 9.21. The third kappa shape index (κ3) is 6.07. The number of hydrogen-bond acceptors (Lipinski definition) is 4. The highest BCUT2D eigenvalue weighted by atomic mass is 32.2. The van der Waals surface area contributed by atoms with Crippen molar-refractivity contribution in [1.29, 1.82) is 0 Å². The van der Waals surface area contributed by atoms with Crippen LogP contribution in [0.15, 0.2) is 47.4 Å². The fourth-order valence-corrected chi connectivity index (χ4v) is 4.04. The summed E-state index contributed by atoms with van der Waals surface area (Å²) >= 11 is 0. The summed E-state index contributed by atoms with van der Waals surface area (Å²) in [5.41, 5.74) is 2.42. The zero-order chi connectivity index (χ0) is 20.9. The highest BCUT2D eigenvalue weighted by Gasteiger charge is 2.19. The molecule has 0 unspecified atom stereocenters. The van der Waals surface area contributed by atoms with Gasteiger partial charge in [-0.15, -0.1) is 0 Å². The lowest BCUT2D eigenvalue weighted by atomic mass is 10.0. The average molecular weight is 405 g/mol. The molecular weight excluding hydrogens is 376 g/mol. The molecule has 0 saturated carbocycles. The quantitative estimate of drug-likeness (QED) is 0.629. The van der Waals surface area contributed by atoms with Gasteiger partial charge >= 0.3 is 0 Å². The number of carbonyl (C=O) groups is 1. The van der Waals surface area contributed by atoms with E-state index in [-0.39, 0.29) is 16.7 Å². The largest absolute Gasteiger partial charge is 0.393 e. The van der Waals surface area contributed by atoms with Gasteiger partial charge in [-0.25, -0.2) is 8.42 Å². The molecular formula is C21H28N2O4S. The van der Waals surface area contributed by atoms with Crippen molar-refractivity contribution in [3.8, 4) is 0 Å². The Morgan fingerprint density at radius 3 is 2.46 bits per heavy atom. The van der Waals surface area contributed by atoms with Crippen molar-refractivity contribution in [2.75, 3.05) is 11.3 Å². The topological polar surface area (TPSA) is 95.5 Å². The van der Waals surface area contributed by atoms with Crippen LogP contribution in [-0.2, 0) is 10.0 Å². The minimum Gasteiger partial charge on any atom is -0.393 e. The van der Waals surface area contributed by atoms with Crippen LogP contribution in [0, 0.1) is 19.8 Å². The number of aryl methyl sites for hydroxylation is 2. The predicted molar refractivity (Wildman–Crippen MR) is 111 cm³/mol. The molecule has 0 aromatic heterocycles. The molecule has 28 heavy (non-hydrogen) atoms. The Bertz CT molecular complexity index is 939. The van der Waals surface area contributed by atoms with Crippen molar-refractivity contribution in [3.63, 3.8) is 0 Å². The van der Waals surface area contributed by atoms with Gasteiger partial charge in [0.15, 0.2) is 0 Å². The Morgan fingerprint density at radius 1 is 1.11 bits per heavy atom. The number of aliphatic hydroxyl groups excluding tert-OH is 1. The van der Waals surface area contributed by atoms with Gasteiger partial charge in [0.25, 0.3) is 15.9 Å². The van der Waals surface area contributed by atoms with Gasteiger partial charge in [-0.05, 0) is 68.5 Å². The van der Waals surface area contributed by atoms with Gasteiger partial charge in [-0.2, -0.15) is 0 Å². The van der Waals surface area contributed by atoms with E-state index in [4.69, 9.17) is 0 Å². The second-order valence-electron chi connectivity index (χ2n) is 7.35. The molecule has 2 aromatic carbocycles. The summed E-state index contributed by atoms with van der Waals surface area (Å²) in [6.07, 6.45) is 0.142. The monoisotopic (exact) mass is 404 g/mol. The number of sulfonamides is 1. The van der Waals surface area contributed by atoms with Crippen LogP contribution in [0.1, 0.15) is 41.8 Å². The minimum atomic E-state index is -3.81. The Balaban J connectivity index is 2.18. The van der Waals surface area contributed by atoms with Crippen LogP contribution in [0.2, 0.25) is 0 Å². The summed E-state index contributed by atoms with van der Waals surface area (Å²) in [6.45, 7) is 7.69. The van der Waals surface area contributed by atoms with Crippen LogP contribution in [0.4, 0.5) is 5.69 Å². The average Bonchev–Trinajstić information content (AvgIpc) is 2.59. The first-order valence-electron chi connectivity index (χ1n) is 9.25. The van der Waals surface area contributed by atoms with Gasteiger partial charge in [0.2, 0.25) is 0 Å². The highest BCUT2D eigenvalue weighted by molar-refractivity contribution is 7.92. The molecule has 0 spiro atoms. The molecule has 0 saturated heterocycles. The first-order chi connectivity index (χ1) is 13.1. The van der Waals surface area contributed by atoms with Crippen molar-refractivity contribution in [3.05, 3.63) is 59.2 Å². The zero-order valence-electron chi connectivity index (χ0n) is 16.7. The lowest BCUT2D eigenvalue weighted by molar-refractivity contribution is 0.0938. The highest BCUT2D eigenvalue weighted by Crippen LogP contribution is 2.20.